The van der Waals surface area contributed by atoms with Crippen LogP contribution in [-0.2, 0) is 10.0 Å². The molecule has 21 heavy (non-hydrogen) atoms. The van der Waals surface area contributed by atoms with E-state index in [1.165, 1.54) is 6.07 Å². The Morgan fingerprint density at radius 2 is 1.57 bits per heavy atom. The van der Waals surface area contributed by atoms with E-state index in [4.69, 9.17) is 5.73 Å². The summed E-state index contributed by atoms with van der Waals surface area (Å²) in [6, 6.07) is 8.45. The van der Waals surface area contributed by atoms with Gasteiger partial charge in [-0.25, -0.2) is 8.42 Å². The molecule has 7 heteroatoms. The molecule has 2 aromatic rings. The number of hydrogen-bond acceptors (Lipinski definition) is 3. The number of anilines is 2. The Hall–Kier alpha value is -1.05. The summed E-state index contributed by atoms with van der Waals surface area (Å²) in [6.45, 7) is 3.69. The molecule has 0 aliphatic heterocycles. The molecule has 0 aromatic heterocycles. The zero-order valence-electron chi connectivity index (χ0n) is 11.4. The van der Waals surface area contributed by atoms with E-state index in [9.17, 15) is 8.42 Å². The highest BCUT2D eigenvalue weighted by Crippen LogP contribution is 2.29. The molecule has 0 fully saturated rings. The van der Waals surface area contributed by atoms with E-state index < -0.39 is 10.0 Å². The van der Waals surface area contributed by atoms with Crippen LogP contribution in [0.1, 0.15) is 11.1 Å². The van der Waals surface area contributed by atoms with E-state index >= 15 is 0 Å². The van der Waals surface area contributed by atoms with Gasteiger partial charge in [-0.2, -0.15) is 0 Å². The SMILES string of the molecule is Cc1cc(Br)cc(C)c1NS(=O)(=O)c1cc(Br)ccc1N. The third-order valence-electron chi connectivity index (χ3n) is 3.00. The fourth-order valence-electron chi connectivity index (χ4n) is 2.00. The number of nitrogens with one attached hydrogen (secondary N) is 1. The van der Waals surface area contributed by atoms with Crippen LogP contribution in [-0.4, -0.2) is 8.42 Å². The Kier molecular flexibility index (Phi) is 4.65. The van der Waals surface area contributed by atoms with Gasteiger partial charge in [-0.3, -0.25) is 4.72 Å². The number of nitrogens with two attached hydrogens (primary N) is 1. The van der Waals surface area contributed by atoms with Crippen LogP contribution in [0.15, 0.2) is 44.2 Å². The molecule has 0 unspecified atom stereocenters. The Bertz CT molecular complexity index is 782. The molecule has 2 aromatic carbocycles. The van der Waals surface area contributed by atoms with Crippen molar-refractivity contribution in [1.82, 2.24) is 0 Å². The minimum Gasteiger partial charge on any atom is -0.398 e. The third-order valence-corrected chi connectivity index (χ3v) is 5.36. The Morgan fingerprint density at radius 3 is 2.14 bits per heavy atom. The smallest absolute Gasteiger partial charge is 0.264 e. The highest BCUT2D eigenvalue weighted by molar-refractivity contribution is 9.10. The van der Waals surface area contributed by atoms with Crippen molar-refractivity contribution in [3.05, 3.63) is 50.4 Å². The molecule has 0 aliphatic rings. The Labute approximate surface area is 141 Å². The van der Waals surface area contributed by atoms with Crippen molar-refractivity contribution in [3.8, 4) is 0 Å². The van der Waals surface area contributed by atoms with Crippen molar-refractivity contribution in [1.29, 1.82) is 0 Å². The first-order chi connectivity index (χ1) is 9.70. The first-order valence-corrected chi connectivity index (χ1v) is 9.12. The lowest BCUT2D eigenvalue weighted by atomic mass is 10.1. The second-order valence-corrected chi connectivity index (χ2v) is 8.18. The molecule has 0 atom stereocenters. The number of benzene rings is 2. The van der Waals surface area contributed by atoms with Crippen molar-refractivity contribution >= 4 is 53.3 Å². The molecule has 2 rings (SSSR count). The topological polar surface area (TPSA) is 72.2 Å². The first kappa shape index (κ1) is 16.3. The van der Waals surface area contributed by atoms with Crippen molar-refractivity contribution in [2.24, 2.45) is 0 Å². The average Bonchev–Trinajstić information content (AvgIpc) is 2.36. The second kappa shape index (κ2) is 5.98. The monoisotopic (exact) mass is 432 g/mol. The Balaban J connectivity index is 2.50. The highest BCUT2D eigenvalue weighted by Gasteiger charge is 2.20. The van der Waals surface area contributed by atoms with Gasteiger partial charge in [0, 0.05) is 8.95 Å². The summed E-state index contributed by atoms with van der Waals surface area (Å²) in [6.07, 6.45) is 0. The average molecular weight is 434 g/mol. The second-order valence-electron chi connectivity index (χ2n) is 4.70. The maximum Gasteiger partial charge on any atom is 0.264 e. The van der Waals surface area contributed by atoms with E-state index in [-0.39, 0.29) is 10.6 Å². The molecule has 0 aliphatic carbocycles. The van der Waals surface area contributed by atoms with Crippen molar-refractivity contribution < 1.29 is 8.42 Å². The van der Waals surface area contributed by atoms with E-state index in [1.807, 2.05) is 26.0 Å². The van der Waals surface area contributed by atoms with Crippen molar-refractivity contribution in [2.75, 3.05) is 10.5 Å². The maximum atomic E-state index is 12.5. The third kappa shape index (κ3) is 3.59. The van der Waals surface area contributed by atoms with Gasteiger partial charge in [0.2, 0.25) is 0 Å². The predicted molar refractivity (Wildman–Crippen MR) is 93.0 cm³/mol. The summed E-state index contributed by atoms with van der Waals surface area (Å²) in [5.74, 6) is 0. The van der Waals surface area contributed by atoms with Crippen LogP contribution in [0, 0.1) is 13.8 Å². The minimum absolute atomic E-state index is 0.0543. The van der Waals surface area contributed by atoms with Gasteiger partial charge in [-0.1, -0.05) is 31.9 Å². The van der Waals surface area contributed by atoms with Gasteiger partial charge in [0.05, 0.1) is 11.4 Å². The number of nitrogen functional groups attached to an aromatic ring is 1. The molecule has 0 saturated heterocycles. The van der Waals surface area contributed by atoms with Crippen LogP contribution in [0.3, 0.4) is 0 Å². The summed E-state index contributed by atoms with van der Waals surface area (Å²) < 4.78 is 29.3. The lowest BCUT2D eigenvalue weighted by Crippen LogP contribution is -2.16. The summed E-state index contributed by atoms with van der Waals surface area (Å²) >= 11 is 6.65. The summed E-state index contributed by atoms with van der Waals surface area (Å²) in [5, 5.41) is 0. The van der Waals surface area contributed by atoms with Gasteiger partial charge in [-0.15, -0.1) is 0 Å². The van der Waals surface area contributed by atoms with Crippen molar-refractivity contribution in [2.45, 2.75) is 18.7 Å². The molecule has 0 saturated carbocycles. The summed E-state index contributed by atoms with van der Waals surface area (Å²) in [4.78, 5) is 0.0543. The van der Waals surface area contributed by atoms with Gasteiger partial charge in [-0.05, 0) is 55.3 Å². The Morgan fingerprint density at radius 1 is 1.00 bits per heavy atom. The molecule has 4 nitrogen and oxygen atoms in total. The first-order valence-electron chi connectivity index (χ1n) is 6.05. The van der Waals surface area contributed by atoms with Gasteiger partial charge in [0.15, 0.2) is 0 Å². The number of hydrogen-bond donors (Lipinski definition) is 2. The van der Waals surface area contributed by atoms with Crippen molar-refractivity contribution in [3.63, 3.8) is 0 Å². The van der Waals surface area contributed by atoms with E-state index in [0.29, 0.717) is 10.2 Å². The number of aryl methyl sites for hydroxylation is 2. The van der Waals surface area contributed by atoms with E-state index in [2.05, 4.69) is 36.6 Å². The molecule has 0 heterocycles. The summed E-state index contributed by atoms with van der Waals surface area (Å²) in [7, 11) is -3.74. The van der Waals surface area contributed by atoms with Crippen LogP contribution >= 0.6 is 31.9 Å². The number of rotatable bonds is 3. The zero-order valence-corrected chi connectivity index (χ0v) is 15.4. The molecule has 0 spiro atoms. The van der Waals surface area contributed by atoms with E-state index in [1.54, 1.807) is 12.1 Å². The molecule has 0 bridgehead atoms. The van der Waals surface area contributed by atoms with E-state index in [0.717, 1.165) is 15.6 Å². The van der Waals surface area contributed by atoms with Gasteiger partial charge in [0.25, 0.3) is 10.0 Å². The molecule has 112 valence electrons. The predicted octanol–water partition coefficient (Wildman–Crippen LogP) is 4.21. The molecule has 0 amide bonds. The standard InChI is InChI=1S/C14H14Br2N2O2S/c1-8-5-11(16)6-9(2)14(8)18-21(19,20)13-7-10(15)3-4-12(13)17/h3-7,18H,17H2,1-2H3. The zero-order chi connectivity index (χ0) is 15.8. The fourth-order valence-corrected chi connectivity index (χ4v) is 4.56. The molecule has 3 N–H and O–H groups in total. The summed E-state index contributed by atoms with van der Waals surface area (Å²) in [5.41, 5.74) is 8.22. The van der Waals surface area contributed by atoms with Gasteiger partial charge < -0.3 is 5.73 Å². The fraction of sp³-hybridized carbons (Fsp3) is 0.143. The quantitative estimate of drug-likeness (QED) is 0.712. The van der Waals surface area contributed by atoms with Gasteiger partial charge >= 0.3 is 0 Å². The van der Waals surface area contributed by atoms with Crippen LogP contribution in [0.5, 0.6) is 0 Å². The number of sulfonamides is 1. The van der Waals surface area contributed by atoms with Crippen LogP contribution < -0.4 is 10.5 Å². The minimum atomic E-state index is -3.74. The highest BCUT2D eigenvalue weighted by atomic mass is 79.9. The van der Waals surface area contributed by atoms with Gasteiger partial charge in [0.1, 0.15) is 4.90 Å². The maximum absolute atomic E-state index is 12.5. The largest absolute Gasteiger partial charge is 0.398 e. The van der Waals surface area contributed by atoms with Crippen LogP contribution in [0.25, 0.3) is 0 Å². The lowest BCUT2D eigenvalue weighted by molar-refractivity contribution is 0.601. The molecule has 0 radical (unpaired) electrons. The lowest BCUT2D eigenvalue weighted by Gasteiger charge is -2.15. The number of halogens is 2. The normalized spacial score (nSPS) is 11.4. The van der Waals surface area contributed by atoms with Crippen LogP contribution in [0.4, 0.5) is 11.4 Å². The van der Waals surface area contributed by atoms with Crippen LogP contribution in [0.2, 0.25) is 0 Å². The molecular formula is C14H14Br2N2O2S. The molecular weight excluding hydrogens is 420 g/mol.